The third kappa shape index (κ3) is 3.53. The van der Waals surface area contributed by atoms with Crippen LogP contribution in [-0.4, -0.2) is 22.0 Å². The molecule has 0 spiro atoms. The maximum atomic E-state index is 14.1. The molecule has 1 aliphatic carbocycles. The van der Waals surface area contributed by atoms with E-state index in [2.05, 4.69) is 10.3 Å². The highest BCUT2D eigenvalue weighted by Gasteiger charge is 2.43. The van der Waals surface area contributed by atoms with Crippen LogP contribution in [0.1, 0.15) is 29.2 Å². The Morgan fingerprint density at radius 3 is 2.36 bits per heavy atom. The third-order valence-corrected chi connectivity index (χ3v) is 6.01. The van der Waals surface area contributed by atoms with Gasteiger partial charge in [0.05, 0.1) is 12.1 Å². The van der Waals surface area contributed by atoms with Crippen LogP contribution in [0.4, 0.5) is 13.2 Å². The Hall–Kier alpha value is -3.43. The Kier molecular flexibility index (Phi) is 4.91. The Labute approximate surface area is 186 Å². The molecule has 1 unspecified atom stereocenters. The summed E-state index contributed by atoms with van der Waals surface area (Å²) in [6.07, 6.45) is -3.75. The Bertz CT molecular complexity index is 1320. The van der Waals surface area contributed by atoms with Gasteiger partial charge in [-0.3, -0.25) is 0 Å². The summed E-state index contributed by atoms with van der Waals surface area (Å²) in [7, 11) is 0. The maximum absolute atomic E-state index is 14.1. The van der Waals surface area contributed by atoms with E-state index in [-0.39, 0.29) is 23.7 Å². The van der Waals surface area contributed by atoms with Crippen LogP contribution in [0.2, 0.25) is 0 Å². The largest absolute Gasteiger partial charge is 0.422 e. The molecule has 0 amide bonds. The quantitative estimate of drug-likeness (QED) is 0.452. The molecule has 170 valence electrons. The lowest BCUT2D eigenvalue weighted by Gasteiger charge is -2.25. The molecule has 1 aliphatic rings. The van der Waals surface area contributed by atoms with Crippen molar-refractivity contribution >= 4 is 0 Å². The number of aliphatic hydroxyl groups is 1. The van der Waals surface area contributed by atoms with E-state index in [1.807, 2.05) is 6.07 Å². The Morgan fingerprint density at radius 1 is 0.970 bits per heavy atom. The number of aliphatic hydroxyl groups excluding tert-OH is 1. The minimum Gasteiger partial charge on any atom is -0.394 e. The van der Waals surface area contributed by atoms with Crippen molar-refractivity contribution in [3.05, 3.63) is 70.8 Å². The van der Waals surface area contributed by atoms with E-state index < -0.39 is 23.0 Å². The summed E-state index contributed by atoms with van der Waals surface area (Å²) < 4.78 is 52.8. The highest BCUT2D eigenvalue weighted by atomic mass is 19.4. The molecule has 2 aromatic heterocycles. The number of aromatic nitrogens is 2. The zero-order valence-electron chi connectivity index (χ0n) is 17.6. The van der Waals surface area contributed by atoms with E-state index in [9.17, 15) is 18.3 Å². The molecular formula is C24H20F3N3O3. The first kappa shape index (κ1) is 21.4. The van der Waals surface area contributed by atoms with Gasteiger partial charge in [0.15, 0.2) is 17.2 Å². The van der Waals surface area contributed by atoms with Gasteiger partial charge in [0.1, 0.15) is 11.3 Å². The normalized spacial score (nSPS) is 15.1. The molecule has 2 heterocycles. The fraction of sp³-hybridized carbons (Fsp3) is 0.250. The number of nitrogens with zero attached hydrogens (tertiary/aromatic N) is 2. The van der Waals surface area contributed by atoms with Crippen molar-refractivity contribution in [2.75, 3.05) is 6.61 Å². The van der Waals surface area contributed by atoms with Crippen molar-refractivity contribution in [3.8, 4) is 34.0 Å². The molecule has 4 aromatic rings. The van der Waals surface area contributed by atoms with Gasteiger partial charge < -0.3 is 19.9 Å². The van der Waals surface area contributed by atoms with Gasteiger partial charge in [-0.05, 0) is 30.9 Å². The smallest absolute Gasteiger partial charge is 0.394 e. The summed E-state index contributed by atoms with van der Waals surface area (Å²) in [6, 6.07) is 13.5. The lowest BCUT2D eigenvalue weighted by molar-refractivity contribution is -0.136. The first-order chi connectivity index (χ1) is 15.7. The lowest BCUT2D eigenvalue weighted by Crippen LogP contribution is -2.37. The number of rotatable bonds is 4. The van der Waals surface area contributed by atoms with Gasteiger partial charge in [-0.2, -0.15) is 13.2 Å². The summed E-state index contributed by atoms with van der Waals surface area (Å²) in [5.41, 5.74) is 7.58. The summed E-state index contributed by atoms with van der Waals surface area (Å²) >= 11 is 0. The van der Waals surface area contributed by atoms with E-state index in [1.165, 1.54) is 12.1 Å². The molecule has 0 saturated carbocycles. The minimum atomic E-state index is -4.71. The van der Waals surface area contributed by atoms with E-state index in [1.54, 1.807) is 37.3 Å². The first-order valence-electron chi connectivity index (χ1n) is 10.4. The van der Waals surface area contributed by atoms with Crippen molar-refractivity contribution in [2.24, 2.45) is 5.73 Å². The van der Waals surface area contributed by atoms with E-state index >= 15 is 0 Å². The minimum absolute atomic E-state index is 0.0444. The molecule has 1 atom stereocenters. The second-order valence-electron chi connectivity index (χ2n) is 8.39. The molecule has 6 nitrogen and oxygen atoms in total. The predicted octanol–water partition coefficient (Wildman–Crippen LogP) is 4.95. The number of benzene rings is 2. The van der Waals surface area contributed by atoms with Crippen LogP contribution in [0.3, 0.4) is 0 Å². The second kappa shape index (κ2) is 7.57. The number of nitrogens with two attached hydrogens (primary N) is 1. The van der Waals surface area contributed by atoms with Crippen LogP contribution in [0, 0.1) is 0 Å². The number of alkyl halides is 3. The van der Waals surface area contributed by atoms with Crippen LogP contribution >= 0.6 is 0 Å². The zero-order chi connectivity index (χ0) is 23.4. The van der Waals surface area contributed by atoms with Crippen molar-refractivity contribution in [1.29, 1.82) is 0 Å². The zero-order valence-corrected chi connectivity index (χ0v) is 17.6. The number of hydrogen-bond acceptors (Lipinski definition) is 6. The highest BCUT2D eigenvalue weighted by molar-refractivity contribution is 5.79. The molecule has 0 radical (unpaired) electrons. The summed E-state index contributed by atoms with van der Waals surface area (Å²) in [5.74, 6) is -0.410. The second-order valence-corrected chi connectivity index (χ2v) is 8.39. The van der Waals surface area contributed by atoms with Crippen LogP contribution in [0.25, 0.3) is 34.0 Å². The molecule has 3 N–H and O–H groups in total. The number of hydrogen-bond donors (Lipinski definition) is 2. The summed E-state index contributed by atoms with van der Waals surface area (Å²) in [6.45, 7) is 1.51. The fourth-order valence-electron chi connectivity index (χ4n) is 4.17. The molecule has 5 rings (SSSR count). The average molecular weight is 455 g/mol. The topological polar surface area (TPSA) is 98.3 Å². The number of aryl methyl sites for hydroxylation is 1. The van der Waals surface area contributed by atoms with Crippen molar-refractivity contribution in [3.63, 3.8) is 0 Å². The number of fused-ring (bicyclic) bond motifs is 3. The Balaban J connectivity index is 1.62. The first-order valence-corrected chi connectivity index (χ1v) is 10.4. The molecule has 0 saturated heterocycles. The fourth-order valence-corrected chi connectivity index (χ4v) is 4.17. The van der Waals surface area contributed by atoms with E-state index in [0.717, 1.165) is 16.7 Å². The maximum Gasteiger partial charge on any atom is 0.422 e. The van der Waals surface area contributed by atoms with Gasteiger partial charge in [-0.25, -0.2) is 0 Å². The van der Waals surface area contributed by atoms with Crippen LogP contribution in [0.15, 0.2) is 57.6 Å². The molecule has 0 aliphatic heterocycles. The Morgan fingerprint density at radius 2 is 1.67 bits per heavy atom. The van der Waals surface area contributed by atoms with Gasteiger partial charge in [0, 0.05) is 16.7 Å². The molecule has 33 heavy (non-hydrogen) atoms. The average Bonchev–Trinajstić information content (AvgIpc) is 3.43. The van der Waals surface area contributed by atoms with Gasteiger partial charge >= 0.3 is 6.18 Å². The van der Waals surface area contributed by atoms with Crippen LogP contribution in [-0.2, 0) is 24.6 Å². The van der Waals surface area contributed by atoms with Crippen LogP contribution in [0.5, 0.6) is 0 Å². The van der Waals surface area contributed by atoms with Gasteiger partial charge in [0.2, 0.25) is 0 Å². The summed E-state index contributed by atoms with van der Waals surface area (Å²) in [4.78, 5) is 0. The van der Waals surface area contributed by atoms with Crippen molar-refractivity contribution < 1.29 is 27.3 Å². The molecule has 9 heteroatoms. The molecule has 0 bridgehead atoms. The van der Waals surface area contributed by atoms with Crippen molar-refractivity contribution in [1.82, 2.24) is 10.3 Å². The molecule has 2 aromatic carbocycles. The van der Waals surface area contributed by atoms with Gasteiger partial charge in [-0.15, -0.1) is 0 Å². The number of halogens is 3. The standard InChI is InChI=1S/C24H20F3N3O3/c1-23(28,12-31)15-8-10-16-14(11-15)7-9-17-19(16)29-33-22(17)20-18(24(25,26)27)21(32-30-20)13-5-3-2-4-6-13/h2-6,8,10-11,31H,7,9,12,28H2,1H3. The predicted molar refractivity (Wildman–Crippen MR) is 114 cm³/mol. The SMILES string of the molecule is CC(N)(CO)c1ccc2c(c1)CCc1c-2noc1-c1noc(-c2ccccc2)c1C(F)(F)F. The third-order valence-electron chi connectivity index (χ3n) is 6.01. The van der Waals surface area contributed by atoms with E-state index in [0.29, 0.717) is 24.1 Å². The van der Waals surface area contributed by atoms with Gasteiger partial charge in [-0.1, -0.05) is 58.8 Å². The van der Waals surface area contributed by atoms with Crippen molar-refractivity contribution in [2.45, 2.75) is 31.5 Å². The molecular weight excluding hydrogens is 435 g/mol. The molecule has 0 fully saturated rings. The van der Waals surface area contributed by atoms with E-state index in [4.69, 9.17) is 14.8 Å². The van der Waals surface area contributed by atoms with Gasteiger partial charge in [0.25, 0.3) is 0 Å². The summed E-state index contributed by atoms with van der Waals surface area (Å²) in [5, 5.41) is 17.4. The monoisotopic (exact) mass is 455 g/mol. The van der Waals surface area contributed by atoms with Crippen LogP contribution < -0.4 is 5.73 Å². The lowest BCUT2D eigenvalue weighted by atomic mass is 9.84. The highest BCUT2D eigenvalue weighted by Crippen LogP contribution is 2.46.